The summed E-state index contributed by atoms with van der Waals surface area (Å²) in [5, 5.41) is 4.77. The molecule has 0 saturated heterocycles. The number of nitrogens with zero attached hydrogens (tertiary/aromatic N) is 2. The van der Waals surface area contributed by atoms with E-state index in [1.165, 1.54) is 21.8 Å². The van der Waals surface area contributed by atoms with Crippen molar-refractivity contribution < 1.29 is 4.42 Å². The van der Waals surface area contributed by atoms with Gasteiger partial charge < -0.3 is 13.9 Å². The molecular formula is C54H36N2O. The monoisotopic (exact) mass is 728 g/mol. The van der Waals surface area contributed by atoms with E-state index < -0.39 is 0 Å². The van der Waals surface area contributed by atoms with Gasteiger partial charge in [-0.2, -0.15) is 0 Å². The third kappa shape index (κ3) is 5.51. The van der Waals surface area contributed by atoms with E-state index in [0.29, 0.717) is 0 Å². The number of fused-ring (bicyclic) bond motifs is 6. The number of aromatic nitrogens is 1. The summed E-state index contributed by atoms with van der Waals surface area (Å²) in [5.41, 5.74) is 15.5. The van der Waals surface area contributed by atoms with Crippen molar-refractivity contribution in [3.05, 3.63) is 218 Å². The van der Waals surface area contributed by atoms with Gasteiger partial charge in [0.2, 0.25) is 0 Å². The third-order valence-electron chi connectivity index (χ3n) is 11.2. The van der Waals surface area contributed by atoms with Crippen molar-refractivity contribution in [3.63, 3.8) is 0 Å². The number of hydrogen-bond donors (Lipinski definition) is 0. The van der Waals surface area contributed by atoms with Gasteiger partial charge in [0.25, 0.3) is 0 Å². The summed E-state index contributed by atoms with van der Waals surface area (Å²) in [6.45, 7) is 0. The molecule has 2 heterocycles. The topological polar surface area (TPSA) is 21.3 Å². The fraction of sp³-hybridized carbons (Fsp3) is 0. The maximum absolute atomic E-state index is 6.41. The summed E-state index contributed by atoms with van der Waals surface area (Å²) in [5.74, 6) is 0. The lowest BCUT2D eigenvalue weighted by Gasteiger charge is -2.28. The number of furan rings is 1. The van der Waals surface area contributed by atoms with Crippen molar-refractivity contribution in [1.29, 1.82) is 0 Å². The number of anilines is 3. The Morgan fingerprint density at radius 2 is 0.912 bits per heavy atom. The van der Waals surface area contributed by atoms with E-state index in [1.807, 2.05) is 12.1 Å². The van der Waals surface area contributed by atoms with Gasteiger partial charge in [0.1, 0.15) is 11.2 Å². The molecule has 0 aliphatic rings. The predicted octanol–water partition coefficient (Wildman–Crippen LogP) is 15.2. The van der Waals surface area contributed by atoms with Crippen LogP contribution in [0.4, 0.5) is 17.1 Å². The second-order valence-corrected chi connectivity index (χ2v) is 14.5. The first-order chi connectivity index (χ1) is 28.3. The fourth-order valence-corrected chi connectivity index (χ4v) is 8.62. The molecule has 9 aromatic carbocycles. The molecule has 11 aromatic rings. The molecule has 3 nitrogen and oxygen atoms in total. The van der Waals surface area contributed by atoms with Crippen LogP contribution in [0.15, 0.2) is 223 Å². The van der Waals surface area contributed by atoms with Crippen LogP contribution in [0.3, 0.4) is 0 Å². The summed E-state index contributed by atoms with van der Waals surface area (Å²) in [6, 6.07) is 78.1. The first-order valence-corrected chi connectivity index (χ1v) is 19.4. The lowest BCUT2D eigenvalue weighted by atomic mass is 9.97. The smallest absolute Gasteiger partial charge is 0.143 e. The van der Waals surface area contributed by atoms with Crippen LogP contribution in [0, 0.1) is 0 Å². The minimum Gasteiger partial charge on any atom is -0.455 e. The van der Waals surface area contributed by atoms with Crippen LogP contribution in [-0.2, 0) is 0 Å². The van der Waals surface area contributed by atoms with Crippen LogP contribution >= 0.6 is 0 Å². The molecule has 0 spiro atoms. The second-order valence-electron chi connectivity index (χ2n) is 14.5. The molecule has 0 atom stereocenters. The molecule has 268 valence electrons. The van der Waals surface area contributed by atoms with Crippen molar-refractivity contribution in [2.45, 2.75) is 0 Å². The molecule has 0 aliphatic heterocycles. The van der Waals surface area contributed by atoms with Gasteiger partial charge in [0, 0.05) is 49.6 Å². The molecule has 3 heteroatoms. The molecule has 0 N–H and O–H groups in total. The van der Waals surface area contributed by atoms with Gasteiger partial charge in [-0.3, -0.25) is 0 Å². The zero-order chi connectivity index (χ0) is 37.7. The minimum atomic E-state index is 0.909. The first-order valence-electron chi connectivity index (χ1n) is 19.4. The van der Waals surface area contributed by atoms with Crippen LogP contribution in [0.2, 0.25) is 0 Å². The molecule has 2 aromatic heterocycles. The molecular weight excluding hydrogens is 693 g/mol. The molecule has 0 bridgehead atoms. The number of para-hydroxylation sites is 7. The van der Waals surface area contributed by atoms with Crippen LogP contribution in [0.5, 0.6) is 0 Å². The van der Waals surface area contributed by atoms with Gasteiger partial charge in [-0.1, -0.05) is 158 Å². The molecule has 57 heavy (non-hydrogen) atoms. The fourth-order valence-electron chi connectivity index (χ4n) is 8.62. The van der Waals surface area contributed by atoms with Gasteiger partial charge >= 0.3 is 0 Å². The number of benzene rings is 9. The van der Waals surface area contributed by atoms with E-state index in [9.17, 15) is 0 Å². The highest BCUT2D eigenvalue weighted by molar-refractivity contribution is 6.11. The Kier molecular flexibility index (Phi) is 7.82. The van der Waals surface area contributed by atoms with E-state index in [-0.39, 0.29) is 0 Å². The van der Waals surface area contributed by atoms with Gasteiger partial charge in [0.05, 0.1) is 22.4 Å². The van der Waals surface area contributed by atoms with Crippen LogP contribution < -0.4 is 4.90 Å². The lowest BCUT2D eigenvalue weighted by Crippen LogP contribution is -2.11. The van der Waals surface area contributed by atoms with Crippen molar-refractivity contribution in [2.75, 3.05) is 4.90 Å². The molecule has 11 rings (SSSR count). The van der Waals surface area contributed by atoms with Crippen molar-refractivity contribution >= 4 is 60.8 Å². The number of rotatable bonds is 7. The second kappa shape index (κ2) is 13.6. The average Bonchev–Trinajstić information content (AvgIpc) is 3.83. The van der Waals surface area contributed by atoms with Crippen molar-refractivity contribution in [3.8, 4) is 39.1 Å². The number of hydrogen-bond acceptors (Lipinski definition) is 2. The van der Waals surface area contributed by atoms with E-state index >= 15 is 0 Å². The Labute approximate surface area is 330 Å². The van der Waals surface area contributed by atoms with E-state index in [2.05, 4.69) is 216 Å². The Hall–Kier alpha value is -7.62. The van der Waals surface area contributed by atoms with Gasteiger partial charge in [-0.05, 0) is 77.4 Å². The summed E-state index contributed by atoms with van der Waals surface area (Å²) in [6.07, 6.45) is 0. The molecule has 0 fully saturated rings. The Balaban J connectivity index is 1.02. The highest BCUT2D eigenvalue weighted by atomic mass is 16.3. The summed E-state index contributed by atoms with van der Waals surface area (Å²) in [7, 11) is 0. The summed E-state index contributed by atoms with van der Waals surface area (Å²) < 4.78 is 8.83. The maximum Gasteiger partial charge on any atom is 0.143 e. The SMILES string of the molecule is c1ccc(N(c2ccc(-c3cccc(-c4cccc5c4oc4ccccc45)c3)cc2)c2ccccc2-c2ccccc2-n2c3ccccc3c3ccccc32)cc1. The van der Waals surface area contributed by atoms with Crippen molar-refractivity contribution in [1.82, 2.24) is 4.57 Å². The van der Waals surface area contributed by atoms with E-state index in [0.717, 1.165) is 78.1 Å². The first kappa shape index (κ1) is 32.8. The molecule has 0 saturated carbocycles. The predicted molar refractivity (Wildman–Crippen MR) is 239 cm³/mol. The van der Waals surface area contributed by atoms with Crippen LogP contribution in [0.1, 0.15) is 0 Å². The summed E-state index contributed by atoms with van der Waals surface area (Å²) in [4.78, 5) is 2.38. The summed E-state index contributed by atoms with van der Waals surface area (Å²) >= 11 is 0. The Morgan fingerprint density at radius 3 is 1.70 bits per heavy atom. The van der Waals surface area contributed by atoms with Crippen LogP contribution in [-0.4, -0.2) is 4.57 Å². The molecule has 0 aliphatic carbocycles. The van der Waals surface area contributed by atoms with Crippen molar-refractivity contribution in [2.24, 2.45) is 0 Å². The Bertz CT molecular complexity index is 3190. The highest BCUT2D eigenvalue weighted by Crippen LogP contribution is 2.44. The highest BCUT2D eigenvalue weighted by Gasteiger charge is 2.21. The molecule has 0 unspecified atom stereocenters. The maximum atomic E-state index is 6.41. The van der Waals surface area contributed by atoms with Gasteiger partial charge in [-0.25, -0.2) is 0 Å². The largest absolute Gasteiger partial charge is 0.455 e. The average molecular weight is 729 g/mol. The molecule has 0 amide bonds. The van der Waals surface area contributed by atoms with Gasteiger partial charge in [-0.15, -0.1) is 0 Å². The quantitative estimate of drug-likeness (QED) is 0.163. The minimum absolute atomic E-state index is 0.909. The normalized spacial score (nSPS) is 11.5. The zero-order valence-corrected chi connectivity index (χ0v) is 31.1. The van der Waals surface area contributed by atoms with E-state index in [1.54, 1.807) is 0 Å². The van der Waals surface area contributed by atoms with Gasteiger partial charge in [0.15, 0.2) is 0 Å². The van der Waals surface area contributed by atoms with E-state index in [4.69, 9.17) is 4.42 Å². The zero-order valence-electron chi connectivity index (χ0n) is 31.1. The lowest BCUT2D eigenvalue weighted by molar-refractivity contribution is 0.670. The van der Waals surface area contributed by atoms with Crippen LogP contribution in [0.25, 0.3) is 82.8 Å². The standard InChI is InChI=1S/C54H36N2O/c1-2-18-40(19-3-1)55(41-34-32-37(33-35-41)38-16-14-17-39(36-38)42-25-15-26-48-47-24-8-13-31-53(47)57-54(42)48)49-27-9-4-20-43(49)44-21-5-10-28-50(44)56-51-29-11-6-22-45(51)46-23-7-12-30-52(46)56/h1-36H. The Morgan fingerprint density at radius 1 is 0.351 bits per heavy atom. The molecule has 0 radical (unpaired) electrons. The third-order valence-corrected chi connectivity index (χ3v) is 11.2.